The Kier molecular flexibility index (Phi) is 4.75. The summed E-state index contributed by atoms with van der Waals surface area (Å²) in [5, 5.41) is 12.0. The summed E-state index contributed by atoms with van der Waals surface area (Å²) in [6.07, 6.45) is 1.21. The number of fused-ring (bicyclic) bond motifs is 1. The van der Waals surface area contributed by atoms with Crippen LogP contribution in [0.3, 0.4) is 0 Å². The second kappa shape index (κ2) is 6.33. The third kappa shape index (κ3) is 3.24. The van der Waals surface area contributed by atoms with Crippen LogP contribution in [-0.4, -0.2) is 34.6 Å². The molecule has 0 aliphatic carbocycles. The van der Waals surface area contributed by atoms with Crippen molar-refractivity contribution in [2.75, 3.05) is 19.6 Å². The standard InChI is InChI=1S/C15H19ClN2O/c1-3-18(4-2)10-15(19)12-7-8-17-14-6-5-11(16)9-13(12)14/h5-9,15,19H,3-4,10H2,1-2H3. The number of hydrogen-bond acceptors (Lipinski definition) is 3. The maximum absolute atomic E-state index is 10.4. The lowest BCUT2D eigenvalue weighted by molar-refractivity contribution is 0.120. The van der Waals surface area contributed by atoms with Crippen molar-refractivity contribution in [3.8, 4) is 0 Å². The Morgan fingerprint density at radius 3 is 2.68 bits per heavy atom. The van der Waals surface area contributed by atoms with Crippen molar-refractivity contribution in [3.63, 3.8) is 0 Å². The fourth-order valence-corrected chi connectivity index (χ4v) is 2.43. The van der Waals surface area contributed by atoms with Gasteiger partial charge in [0.2, 0.25) is 0 Å². The van der Waals surface area contributed by atoms with Gasteiger partial charge in [-0.05, 0) is 42.9 Å². The van der Waals surface area contributed by atoms with Crippen molar-refractivity contribution >= 4 is 22.5 Å². The lowest BCUT2D eigenvalue weighted by Gasteiger charge is -2.22. The Balaban J connectivity index is 2.36. The lowest BCUT2D eigenvalue weighted by Crippen LogP contribution is -2.28. The topological polar surface area (TPSA) is 36.4 Å². The van der Waals surface area contributed by atoms with E-state index < -0.39 is 6.10 Å². The molecule has 0 fully saturated rings. The average molecular weight is 279 g/mol. The first kappa shape index (κ1) is 14.3. The van der Waals surface area contributed by atoms with Gasteiger partial charge >= 0.3 is 0 Å². The molecule has 1 unspecified atom stereocenters. The highest BCUT2D eigenvalue weighted by atomic mass is 35.5. The number of likely N-dealkylation sites (N-methyl/N-ethyl adjacent to an activating group) is 1. The van der Waals surface area contributed by atoms with Gasteiger partial charge in [0.05, 0.1) is 11.6 Å². The minimum Gasteiger partial charge on any atom is -0.387 e. The molecule has 0 amide bonds. The summed E-state index contributed by atoms with van der Waals surface area (Å²) < 4.78 is 0. The van der Waals surface area contributed by atoms with Crippen LogP contribution in [0.4, 0.5) is 0 Å². The highest BCUT2D eigenvalue weighted by Gasteiger charge is 2.14. The van der Waals surface area contributed by atoms with Gasteiger partial charge < -0.3 is 10.0 Å². The lowest BCUT2D eigenvalue weighted by atomic mass is 10.0. The molecule has 0 aliphatic rings. The van der Waals surface area contributed by atoms with Crippen molar-refractivity contribution in [2.45, 2.75) is 20.0 Å². The predicted molar refractivity (Wildman–Crippen MR) is 79.5 cm³/mol. The van der Waals surface area contributed by atoms with Crippen LogP contribution >= 0.6 is 11.6 Å². The van der Waals surface area contributed by atoms with Gasteiger partial charge in [-0.2, -0.15) is 0 Å². The summed E-state index contributed by atoms with van der Waals surface area (Å²) in [5.41, 5.74) is 1.75. The molecular formula is C15H19ClN2O. The van der Waals surface area contributed by atoms with E-state index in [2.05, 4.69) is 23.7 Å². The van der Waals surface area contributed by atoms with E-state index in [1.807, 2.05) is 24.3 Å². The number of aliphatic hydroxyl groups excluding tert-OH is 1. The Morgan fingerprint density at radius 2 is 2.00 bits per heavy atom. The molecule has 0 aliphatic heterocycles. The van der Waals surface area contributed by atoms with E-state index in [9.17, 15) is 5.11 Å². The van der Waals surface area contributed by atoms with Crippen molar-refractivity contribution in [3.05, 3.63) is 41.0 Å². The maximum Gasteiger partial charge on any atom is 0.0924 e. The van der Waals surface area contributed by atoms with E-state index >= 15 is 0 Å². The molecule has 0 spiro atoms. The molecule has 102 valence electrons. The van der Waals surface area contributed by atoms with Crippen LogP contribution in [0.15, 0.2) is 30.5 Å². The molecule has 0 saturated heterocycles. The summed E-state index contributed by atoms with van der Waals surface area (Å²) in [4.78, 5) is 6.50. The minimum absolute atomic E-state index is 0.524. The van der Waals surface area contributed by atoms with E-state index in [1.165, 1.54) is 0 Å². The Labute approximate surface area is 118 Å². The normalized spacial score (nSPS) is 13.1. The van der Waals surface area contributed by atoms with Gasteiger partial charge in [0.25, 0.3) is 0 Å². The molecule has 1 aromatic heterocycles. The van der Waals surface area contributed by atoms with Crippen LogP contribution in [0.25, 0.3) is 10.9 Å². The number of hydrogen-bond donors (Lipinski definition) is 1. The fraction of sp³-hybridized carbons (Fsp3) is 0.400. The zero-order valence-electron chi connectivity index (χ0n) is 11.3. The highest BCUT2D eigenvalue weighted by Crippen LogP contribution is 2.26. The Morgan fingerprint density at radius 1 is 1.26 bits per heavy atom. The summed E-state index contributed by atoms with van der Waals surface area (Å²) >= 11 is 6.04. The van der Waals surface area contributed by atoms with Gasteiger partial charge in [-0.15, -0.1) is 0 Å². The van der Waals surface area contributed by atoms with Crippen LogP contribution < -0.4 is 0 Å². The summed E-state index contributed by atoms with van der Waals surface area (Å²) in [6.45, 7) is 6.67. The van der Waals surface area contributed by atoms with Gasteiger partial charge in [-0.1, -0.05) is 25.4 Å². The molecule has 1 heterocycles. The molecule has 0 saturated carbocycles. The molecule has 0 radical (unpaired) electrons. The number of nitrogens with zero attached hydrogens (tertiary/aromatic N) is 2. The van der Waals surface area contributed by atoms with E-state index in [1.54, 1.807) is 6.20 Å². The van der Waals surface area contributed by atoms with Crippen LogP contribution in [0.5, 0.6) is 0 Å². The Hall–Kier alpha value is -1.16. The van der Waals surface area contributed by atoms with Gasteiger partial charge in [-0.3, -0.25) is 4.98 Å². The van der Waals surface area contributed by atoms with E-state index in [4.69, 9.17) is 11.6 Å². The molecule has 1 atom stereocenters. The molecule has 4 heteroatoms. The number of aliphatic hydroxyl groups is 1. The molecule has 0 bridgehead atoms. The minimum atomic E-state index is -0.524. The molecule has 2 rings (SSSR count). The first-order chi connectivity index (χ1) is 9.15. The molecular weight excluding hydrogens is 260 g/mol. The van der Waals surface area contributed by atoms with Gasteiger partial charge in [0.15, 0.2) is 0 Å². The zero-order valence-corrected chi connectivity index (χ0v) is 12.1. The fourth-order valence-electron chi connectivity index (χ4n) is 2.26. The molecule has 2 aromatic rings. The summed E-state index contributed by atoms with van der Waals surface area (Å²) in [5.74, 6) is 0. The van der Waals surface area contributed by atoms with Gasteiger partial charge in [0, 0.05) is 23.2 Å². The second-order valence-corrected chi connectivity index (χ2v) is 5.00. The van der Waals surface area contributed by atoms with E-state index in [-0.39, 0.29) is 0 Å². The van der Waals surface area contributed by atoms with Crippen molar-refractivity contribution in [1.82, 2.24) is 9.88 Å². The number of pyridine rings is 1. The smallest absolute Gasteiger partial charge is 0.0924 e. The van der Waals surface area contributed by atoms with E-state index in [0.29, 0.717) is 11.6 Å². The third-order valence-electron chi connectivity index (χ3n) is 3.42. The van der Waals surface area contributed by atoms with Crippen LogP contribution in [0, 0.1) is 0 Å². The number of halogens is 1. The first-order valence-electron chi connectivity index (χ1n) is 6.60. The van der Waals surface area contributed by atoms with Crippen molar-refractivity contribution in [2.24, 2.45) is 0 Å². The monoisotopic (exact) mass is 278 g/mol. The average Bonchev–Trinajstić information content (AvgIpc) is 2.43. The zero-order chi connectivity index (χ0) is 13.8. The predicted octanol–water partition coefficient (Wildman–Crippen LogP) is 3.26. The Bertz CT molecular complexity index is 555. The number of aromatic nitrogens is 1. The van der Waals surface area contributed by atoms with Crippen LogP contribution in [-0.2, 0) is 0 Å². The van der Waals surface area contributed by atoms with E-state index in [0.717, 1.165) is 29.6 Å². The second-order valence-electron chi connectivity index (χ2n) is 4.56. The first-order valence-corrected chi connectivity index (χ1v) is 6.98. The highest BCUT2D eigenvalue weighted by molar-refractivity contribution is 6.31. The largest absolute Gasteiger partial charge is 0.387 e. The maximum atomic E-state index is 10.4. The van der Waals surface area contributed by atoms with Gasteiger partial charge in [-0.25, -0.2) is 0 Å². The van der Waals surface area contributed by atoms with Gasteiger partial charge in [0.1, 0.15) is 0 Å². The molecule has 19 heavy (non-hydrogen) atoms. The number of benzene rings is 1. The SMILES string of the molecule is CCN(CC)CC(O)c1ccnc2ccc(Cl)cc12. The molecule has 1 aromatic carbocycles. The third-order valence-corrected chi connectivity index (χ3v) is 3.66. The van der Waals surface area contributed by atoms with Crippen molar-refractivity contribution < 1.29 is 5.11 Å². The molecule has 3 nitrogen and oxygen atoms in total. The molecule has 1 N–H and O–H groups in total. The quantitative estimate of drug-likeness (QED) is 0.912. The summed E-state index contributed by atoms with van der Waals surface area (Å²) in [6, 6.07) is 7.43. The van der Waals surface area contributed by atoms with Crippen molar-refractivity contribution in [1.29, 1.82) is 0 Å². The summed E-state index contributed by atoms with van der Waals surface area (Å²) in [7, 11) is 0. The van der Waals surface area contributed by atoms with Crippen LogP contribution in [0.1, 0.15) is 25.5 Å². The van der Waals surface area contributed by atoms with Crippen LogP contribution in [0.2, 0.25) is 5.02 Å². The number of rotatable bonds is 5.